The third-order valence-corrected chi connectivity index (χ3v) is 6.42. The maximum absolute atomic E-state index is 13.3. The van der Waals surface area contributed by atoms with Crippen LogP contribution in [-0.4, -0.2) is 27.5 Å². The smallest absolute Gasteiger partial charge is 0.305 e. The van der Waals surface area contributed by atoms with Gasteiger partial charge in [0.05, 0.1) is 12.3 Å². The third kappa shape index (κ3) is 4.47. The van der Waals surface area contributed by atoms with Crippen molar-refractivity contribution in [2.24, 2.45) is 0 Å². The van der Waals surface area contributed by atoms with E-state index in [9.17, 15) is 13.2 Å². The summed E-state index contributed by atoms with van der Waals surface area (Å²) in [6.07, 6.45) is 3.52. The molecule has 3 rings (SSSR count). The molecule has 1 heterocycles. The van der Waals surface area contributed by atoms with E-state index in [0.29, 0.717) is 43.2 Å². The lowest BCUT2D eigenvalue weighted by atomic mass is 10.1. The van der Waals surface area contributed by atoms with Crippen molar-refractivity contribution < 1.29 is 22.7 Å². The molecule has 0 N–H and O–H groups in total. The molecule has 0 radical (unpaired) electrons. The van der Waals surface area contributed by atoms with Crippen molar-refractivity contribution in [3.8, 4) is 11.5 Å². The first-order chi connectivity index (χ1) is 13.5. The highest BCUT2D eigenvalue weighted by atomic mass is 32.2. The number of anilines is 1. The van der Waals surface area contributed by atoms with Gasteiger partial charge in [0.15, 0.2) is 5.75 Å². The third-order valence-electron chi connectivity index (χ3n) is 4.57. The van der Waals surface area contributed by atoms with E-state index in [2.05, 4.69) is 0 Å². The van der Waals surface area contributed by atoms with Crippen LogP contribution >= 0.6 is 0 Å². The van der Waals surface area contributed by atoms with Crippen LogP contribution in [0.2, 0.25) is 0 Å². The van der Waals surface area contributed by atoms with Crippen LogP contribution in [-0.2, 0) is 19.6 Å². The van der Waals surface area contributed by atoms with Crippen LogP contribution in [0.1, 0.15) is 39.0 Å². The topological polar surface area (TPSA) is 72.9 Å². The summed E-state index contributed by atoms with van der Waals surface area (Å²) in [7, 11) is -3.71. The summed E-state index contributed by atoms with van der Waals surface area (Å²) in [5.41, 5.74) is 0.547. The van der Waals surface area contributed by atoms with E-state index in [-0.39, 0.29) is 10.9 Å². The molecular weight excluding hydrogens is 378 g/mol. The fourth-order valence-electron chi connectivity index (χ4n) is 3.22. The molecular formula is C21H25NO5S. The lowest BCUT2D eigenvalue weighted by molar-refractivity contribution is -0.143. The molecule has 1 aliphatic rings. The maximum Gasteiger partial charge on any atom is 0.305 e. The molecule has 2 aromatic rings. The average Bonchev–Trinajstić information content (AvgIpc) is 2.77. The summed E-state index contributed by atoms with van der Waals surface area (Å²) in [5.74, 6) is 0.686. The molecule has 0 bridgehead atoms. The van der Waals surface area contributed by atoms with E-state index in [1.807, 2.05) is 6.07 Å². The van der Waals surface area contributed by atoms with Crippen molar-refractivity contribution in [2.45, 2.75) is 43.9 Å². The Balaban J connectivity index is 1.70. The van der Waals surface area contributed by atoms with Crippen molar-refractivity contribution >= 4 is 21.7 Å². The lowest BCUT2D eigenvalue weighted by Crippen LogP contribution is -2.31. The van der Waals surface area contributed by atoms with Gasteiger partial charge >= 0.3 is 5.97 Å². The number of carbonyl (C=O) groups is 1. The molecule has 0 unspecified atom stereocenters. The van der Waals surface area contributed by atoms with E-state index in [0.717, 1.165) is 19.3 Å². The summed E-state index contributed by atoms with van der Waals surface area (Å²) in [5, 5.41) is 0. The zero-order valence-corrected chi connectivity index (χ0v) is 16.8. The zero-order valence-electron chi connectivity index (χ0n) is 16.0. The van der Waals surface area contributed by atoms with Gasteiger partial charge in [-0.2, -0.15) is 0 Å². The summed E-state index contributed by atoms with van der Waals surface area (Å²) < 4.78 is 38.7. The Morgan fingerprint density at radius 1 is 0.964 bits per heavy atom. The van der Waals surface area contributed by atoms with Crippen molar-refractivity contribution in [2.75, 3.05) is 17.5 Å². The first-order valence-electron chi connectivity index (χ1n) is 9.58. The standard InChI is InChI=1S/C21H25NO5S/c1-2-26-21(23)15-5-3-4-10-16-22-17-11-6-7-12-18(17)27-19-13-8-9-14-20(19)28(22,24)25/h6-9,11-14H,2-5,10,15-16H2,1H3. The lowest BCUT2D eigenvalue weighted by Gasteiger charge is -2.23. The highest BCUT2D eigenvalue weighted by molar-refractivity contribution is 7.93. The van der Waals surface area contributed by atoms with E-state index < -0.39 is 10.0 Å². The molecule has 0 fully saturated rings. The van der Waals surface area contributed by atoms with E-state index in [1.165, 1.54) is 4.31 Å². The first kappa shape index (κ1) is 20.2. The van der Waals surface area contributed by atoms with Crippen molar-refractivity contribution in [3.05, 3.63) is 48.5 Å². The van der Waals surface area contributed by atoms with Gasteiger partial charge in [0.25, 0.3) is 10.0 Å². The fourth-order valence-corrected chi connectivity index (χ4v) is 4.85. The molecule has 0 aliphatic carbocycles. The summed E-state index contributed by atoms with van der Waals surface area (Å²) in [6.45, 7) is 2.55. The highest BCUT2D eigenvalue weighted by Gasteiger charge is 2.32. The molecule has 0 saturated carbocycles. The fraction of sp³-hybridized carbons (Fsp3) is 0.381. The predicted molar refractivity (Wildman–Crippen MR) is 107 cm³/mol. The van der Waals surface area contributed by atoms with Gasteiger partial charge < -0.3 is 9.47 Å². The number of sulfonamides is 1. The summed E-state index contributed by atoms with van der Waals surface area (Å²) in [4.78, 5) is 11.6. The molecule has 2 aromatic carbocycles. The van der Waals surface area contributed by atoms with Crippen LogP contribution in [0.5, 0.6) is 11.5 Å². The monoisotopic (exact) mass is 403 g/mol. The Hall–Kier alpha value is -2.54. The van der Waals surface area contributed by atoms with Gasteiger partial charge in [0, 0.05) is 13.0 Å². The molecule has 0 aromatic heterocycles. The molecule has 6 nitrogen and oxygen atoms in total. The molecule has 0 atom stereocenters. The van der Waals surface area contributed by atoms with Gasteiger partial charge in [-0.05, 0) is 44.0 Å². The number of fused-ring (bicyclic) bond motifs is 2. The molecule has 0 amide bonds. The number of hydrogen-bond acceptors (Lipinski definition) is 5. The number of rotatable bonds is 8. The van der Waals surface area contributed by atoms with Crippen molar-refractivity contribution in [3.63, 3.8) is 0 Å². The Morgan fingerprint density at radius 2 is 1.64 bits per heavy atom. The number of ether oxygens (including phenoxy) is 2. The minimum atomic E-state index is -3.71. The van der Waals surface area contributed by atoms with Gasteiger partial charge in [-0.3, -0.25) is 9.10 Å². The van der Waals surface area contributed by atoms with E-state index in [4.69, 9.17) is 9.47 Å². The first-order valence-corrected chi connectivity index (χ1v) is 11.0. The largest absolute Gasteiger partial charge is 0.466 e. The van der Waals surface area contributed by atoms with Gasteiger partial charge in [-0.1, -0.05) is 37.1 Å². The van der Waals surface area contributed by atoms with Crippen LogP contribution in [0.15, 0.2) is 53.4 Å². The van der Waals surface area contributed by atoms with Gasteiger partial charge in [0.1, 0.15) is 10.6 Å². The molecule has 0 saturated heterocycles. The second kappa shape index (κ2) is 9.10. The second-order valence-corrected chi connectivity index (χ2v) is 8.39. The summed E-state index contributed by atoms with van der Waals surface area (Å²) >= 11 is 0. The van der Waals surface area contributed by atoms with Gasteiger partial charge in [-0.25, -0.2) is 8.42 Å². The Bertz CT molecular complexity index is 926. The maximum atomic E-state index is 13.3. The summed E-state index contributed by atoms with van der Waals surface area (Å²) in [6, 6.07) is 13.9. The van der Waals surface area contributed by atoms with Crippen LogP contribution in [0, 0.1) is 0 Å². The Kier molecular flexibility index (Phi) is 6.57. The highest BCUT2D eigenvalue weighted by Crippen LogP contribution is 2.42. The number of esters is 1. The van der Waals surface area contributed by atoms with Crippen LogP contribution in [0.25, 0.3) is 0 Å². The van der Waals surface area contributed by atoms with Crippen LogP contribution < -0.4 is 9.04 Å². The molecule has 1 aliphatic heterocycles. The number of para-hydroxylation sites is 3. The number of benzene rings is 2. The number of carbonyl (C=O) groups excluding carboxylic acids is 1. The van der Waals surface area contributed by atoms with Crippen molar-refractivity contribution in [1.29, 1.82) is 0 Å². The average molecular weight is 404 g/mol. The molecule has 0 spiro atoms. The van der Waals surface area contributed by atoms with E-state index in [1.54, 1.807) is 49.4 Å². The SMILES string of the molecule is CCOC(=O)CCCCCCN1c2ccccc2Oc2ccccc2S1(=O)=O. The Labute approximate surface area is 166 Å². The number of unbranched alkanes of at least 4 members (excludes halogenated alkanes) is 3. The number of nitrogens with zero attached hydrogens (tertiary/aromatic N) is 1. The zero-order chi connectivity index (χ0) is 20.0. The number of hydrogen-bond donors (Lipinski definition) is 0. The van der Waals surface area contributed by atoms with Crippen molar-refractivity contribution in [1.82, 2.24) is 0 Å². The van der Waals surface area contributed by atoms with E-state index >= 15 is 0 Å². The molecule has 7 heteroatoms. The van der Waals surface area contributed by atoms with Crippen LogP contribution in [0.3, 0.4) is 0 Å². The normalized spacial score (nSPS) is 14.4. The van der Waals surface area contributed by atoms with Gasteiger partial charge in [0.2, 0.25) is 0 Å². The quantitative estimate of drug-likeness (QED) is 0.479. The molecule has 28 heavy (non-hydrogen) atoms. The predicted octanol–water partition coefficient (Wildman–Crippen LogP) is 4.50. The molecule has 150 valence electrons. The van der Waals surface area contributed by atoms with Gasteiger partial charge in [-0.15, -0.1) is 0 Å². The Morgan fingerprint density at radius 3 is 2.43 bits per heavy atom. The second-order valence-electron chi connectivity index (χ2n) is 6.56. The minimum absolute atomic E-state index is 0.175. The van der Waals surface area contributed by atoms with Crippen LogP contribution in [0.4, 0.5) is 5.69 Å². The minimum Gasteiger partial charge on any atom is -0.466 e.